The molecule has 4 nitrogen and oxygen atoms in total. The van der Waals surface area contributed by atoms with Crippen molar-refractivity contribution in [2.24, 2.45) is 0 Å². The molecule has 0 saturated heterocycles. The monoisotopic (exact) mass is 333 g/mol. The molecule has 0 bridgehead atoms. The molecule has 0 aromatic heterocycles. The fourth-order valence-corrected chi connectivity index (χ4v) is 3.04. The smallest absolute Gasteiger partial charge is 0.410 e. The van der Waals surface area contributed by atoms with E-state index in [9.17, 15) is 4.79 Å². The second-order valence-corrected chi connectivity index (χ2v) is 6.50. The summed E-state index contributed by atoms with van der Waals surface area (Å²) in [6.45, 7) is 4.02. The van der Waals surface area contributed by atoms with Crippen LogP contribution < -0.4 is 4.74 Å². The van der Waals surface area contributed by atoms with Crippen LogP contribution in [0.1, 0.15) is 58.3 Å². The van der Waals surface area contributed by atoms with Gasteiger partial charge in [0.15, 0.2) is 0 Å². The molecule has 1 amide bonds. The predicted molar refractivity (Wildman–Crippen MR) is 96.4 cm³/mol. The van der Waals surface area contributed by atoms with Crippen molar-refractivity contribution in [2.75, 3.05) is 19.7 Å². The average molecular weight is 333 g/mol. The van der Waals surface area contributed by atoms with Gasteiger partial charge in [-0.25, -0.2) is 4.79 Å². The first kappa shape index (κ1) is 18.6. The number of ether oxygens (including phenoxy) is 2. The predicted octanol–water partition coefficient (Wildman–Crippen LogP) is 5.03. The van der Waals surface area contributed by atoms with Crippen molar-refractivity contribution in [3.05, 3.63) is 30.3 Å². The van der Waals surface area contributed by atoms with Gasteiger partial charge in [-0.2, -0.15) is 0 Å². The molecule has 4 heteroatoms. The molecule has 0 heterocycles. The summed E-state index contributed by atoms with van der Waals surface area (Å²) in [6.07, 6.45) is 8.90. The van der Waals surface area contributed by atoms with Crippen LogP contribution in [0.2, 0.25) is 0 Å². The molecular formula is C20H31NO3. The van der Waals surface area contributed by atoms with Crippen LogP contribution in [-0.4, -0.2) is 36.8 Å². The molecule has 24 heavy (non-hydrogen) atoms. The average Bonchev–Trinajstić information content (AvgIpc) is 3.11. The van der Waals surface area contributed by atoms with Gasteiger partial charge in [0.1, 0.15) is 18.5 Å². The molecule has 1 aromatic carbocycles. The fourth-order valence-electron chi connectivity index (χ4n) is 3.04. The molecule has 0 aliphatic heterocycles. The molecule has 1 aliphatic rings. The van der Waals surface area contributed by atoms with Gasteiger partial charge in [0.2, 0.25) is 0 Å². The molecule has 1 aromatic rings. The number of para-hydroxylation sites is 1. The summed E-state index contributed by atoms with van der Waals surface area (Å²) in [5.41, 5.74) is 0. The van der Waals surface area contributed by atoms with Crippen molar-refractivity contribution in [2.45, 2.75) is 64.4 Å². The standard InChI is InChI=1S/C20H31NO3/c1-2-3-4-10-15-21(20(22)24-19-13-8-9-14-19)16-17-23-18-11-6-5-7-12-18/h5-7,11-12,19H,2-4,8-10,13-17H2,1H3. The highest BCUT2D eigenvalue weighted by Crippen LogP contribution is 2.21. The quantitative estimate of drug-likeness (QED) is 0.564. The lowest BCUT2D eigenvalue weighted by Gasteiger charge is -2.24. The Morgan fingerprint density at radius 3 is 2.54 bits per heavy atom. The van der Waals surface area contributed by atoms with E-state index in [1.807, 2.05) is 35.2 Å². The molecule has 1 aliphatic carbocycles. The molecule has 0 spiro atoms. The van der Waals surface area contributed by atoms with Crippen molar-refractivity contribution in [1.29, 1.82) is 0 Å². The molecular weight excluding hydrogens is 302 g/mol. The first-order valence-corrected chi connectivity index (χ1v) is 9.43. The van der Waals surface area contributed by atoms with E-state index in [1.165, 1.54) is 25.7 Å². The third kappa shape index (κ3) is 6.81. The number of hydrogen-bond acceptors (Lipinski definition) is 3. The van der Waals surface area contributed by atoms with Crippen molar-refractivity contribution >= 4 is 6.09 Å². The number of carbonyl (C=O) groups excluding carboxylic acids is 1. The Morgan fingerprint density at radius 2 is 1.83 bits per heavy atom. The molecule has 2 rings (SSSR count). The van der Waals surface area contributed by atoms with Gasteiger partial charge >= 0.3 is 6.09 Å². The van der Waals surface area contributed by atoms with Crippen molar-refractivity contribution in [1.82, 2.24) is 4.90 Å². The number of unbranched alkanes of at least 4 members (excludes halogenated alkanes) is 3. The highest BCUT2D eigenvalue weighted by molar-refractivity contribution is 5.67. The first-order valence-electron chi connectivity index (χ1n) is 9.43. The lowest BCUT2D eigenvalue weighted by Crippen LogP contribution is -2.37. The summed E-state index contributed by atoms with van der Waals surface area (Å²) < 4.78 is 11.4. The second-order valence-electron chi connectivity index (χ2n) is 6.50. The van der Waals surface area contributed by atoms with E-state index in [4.69, 9.17) is 9.47 Å². The minimum absolute atomic E-state index is 0.116. The number of nitrogens with zero attached hydrogens (tertiary/aromatic N) is 1. The minimum Gasteiger partial charge on any atom is -0.492 e. The van der Waals surface area contributed by atoms with E-state index in [2.05, 4.69) is 6.92 Å². The maximum absolute atomic E-state index is 12.5. The fraction of sp³-hybridized carbons (Fsp3) is 0.650. The maximum atomic E-state index is 12.5. The largest absolute Gasteiger partial charge is 0.492 e. The zero-order valence-corrected chi connectivity index (χ0v) is 14.9. The Kier molecular flexibility index (Phi) is 8.50. The van der Waals surface area contributed by atoms with Crippen molar-refractivity contribution in [3.63, 3.8) is 0 Å². The normalized spacial score (nSPS) is 14.5. The van der Waals surface area contributed by atoms with E-state index in [1.54, 1.807) is 0 Å². The molecule has 0 radical (unpaired) electrons. The summed E-state index contributed by atoms with van der Waals surface area (Å²) in [5, 5.41) is 0. The number of amides is 1. The lowest BCUT2D eigenvalue weighted by atomic mass is 10.2. The second kappa shape index (κ2) is 11.0. The van der Waals surface area contributed by atoms with Crippen LogP contribution in [0.25, 0.3) is 0 Å². The highest BCUT2D eigenvalue weighted by Gasteiger charge is 2.22. The molecule has 0 unspecified atom stereocenters. The van der Waals surface area contributed by atoms with Gasteiger partial charge in [0, 0.05) is 6.54 Å². The molecule has 0 atom stereocenters. The summed E-state index contributed by atoms with van der Waals surface area (Å²) in [6, 6.07) is 9.73. The molecule has 1 saturated carbocycles. The Bertz CT molecular complexity index is 457. The Balaban J connectivity index is 1.77. The van der Waals surface area contributed by atoms with E-state index in [0.717, 1.165) is 38.0 Å². The Labute approximate surface area is 146 Å². The number of carbonyl (C=O) groups is 1. The topological polar surface area (TPSA) is 38.8 Å². The van der Waals surface area contributed by atoms with E-state index in [0.29, 0.717) is 13.2 Å². The number of benzene rings is 1. The summed E-state index contributed by atoms with van der Waals surface area (Å²) in [7, 11) is 0. The van der Waals surface area contributed by atoms with Gasteiger partial charge in [-0.1, -0.05) is 44.4 Å². The van der Waals surface area contributed by atoms with Crippen LogP contribution in [0, 0.1) is 0 Å². The van der Waals surface area contributed by atoms with Crippen LogP contribution in [0.4, 0.5) is 4.79 Å². The van der Waals surface area contributed by atoms with Crippen molar-refractivity contribution < 1.29 is 14.3 Å². The minimum atomic E-state index is -0.171. The summed E-state index contributed by atoms with van der Waals surface area (Å²) >= 11 is 0. The van der Waals surface area contributed by atoms with Gasteiger partial charge in [0.25, 0.3) is 0 Å². The molecule has 0 N–H and O–H groups in total. The SMILES string of the molecule is CCCCCCN(CCOc1ccccc1)C(=O)OC1CCCC1. The van der Waals surface area contributed by atoms with Gasteiger partial charge in [-0.3, -0.25) is 0 Å². The maximum Gasteiger partial charge on any atom is 0.410 e. The van der Waals surface area contributed by atoms with Crippen LogP contribution in [0.5, 0.6) is 5.75 Å². The molecule has 134 valence electrons. The third-order valence-corrected chi connectivity index (χ3v) is 4.48. The highest BCUT2D eigenvalue weighted by atomic mass is 16.6. The summed E-state index contributed by atoms with van der Waals surface area (Å²) in [5.74, 6) is 0.840. The van der Waals surface area contributed by atoms with E-state index < -0.39 is 0 Å². The third-order valence-electron chi connectivity index (χ3n) is 4.48. The van der Waals surface area contributed by atoms with Gasteiger partial charge in [-0.15, -0.1) is 0 Å². The van der Waals surface area contributed by atoms with E-state index >= 15 is 0 Å². The van der Waals surface area contributed by atoms with Gasteiger partial charge < -0.3 is 14.4 Å². The van der Waals surface area contributed by atoms with Crippen LogP contribution >= 0.6 is 0 Å². The lowest BCUT2D eigenvalue weighted by molar-refractivity contribution is 0.0609. The van der Waals surface area contributed by atoms with Crippen LogP contribution in [0.15, 0.2) is 30.3 Å². The van der Waals surface area contributed by atoms with Crippen molar-refractivity contribution in [3.8, 4) is 5.75 Å². The summed E-state index contributed by atoms with van der Waals surface area (Å²) in [4.78, 5) is 14.3. The molecule has 1 fully saturated rings. The number of hydrogen-bond donors (Lipinski definition) is 0. The van der Waals surface area contributed by atoms with Crippen LogP contribution in [0.3, 0.4) is 0 Å². The Morgan fingerprint density at radius 1 is 1.08 bits per heavy atom. The van der Waals surface area contributed by atoms with Gasteiger partial charge in [0.05, 0.1) is 6.54 Å². The zero-order chi connectivity index (χ0) is 17.0. The van der Waals surface area contributed by atoms with E-state index in [-0.39, 0.29) is 12.2 Å². The van der Waals surface area contributed by atoms with Gasteiger partial charge in [-0.05, 0) is 44.2 Å². The van der Waals surface area contributed by atoms with Crippen LogP contribution in [-0.2, 0) is 4.74 Å². The number of rotatable bonds is 10. The Hall–Kier alpha value is -1.71. The zero-order valence-electron chi connectivity index (χ0n) is 14.9. The first-order chi connectivity index (χ1) is 11.8.